The molecule has 0 aliphatic carbocycles. The van der Waals surface area contributed by atoms with Gasteiger partial charge in [-0.1, -0.05) is 0 Å². The summed E-state index contributed by atoms with van der Waals surface area (Å²) in [5.74, 6) is 1.56. The number of nitrogens with two attached hydrogens (primary N) is 1. The standard InChI is InChI=1S/C8H13N3O2/c1-5-10-7(12-2)6(4-9)8(11-5)13-3/h4,9H2,1-3H3. The van der Waals surface area contributed by atoms with Gasteiger partial charge in [0.25, 0.3) is 0 Å². The lowest BCUT2D eigenvalue weighted by Crippen LogP contribution is -2.07. The first-order chi connectivity index (χ1) is 6.22. The van der Waals surface area contributed by atoms with Crippen LogP contribution in [0.25, 0.3) is 0 Å². The van der Waals surface area contributed by atoms with Gasteiger partial charge in [-0.05, 0) is 6.92 Å². The fraction of sp³-hybridized carbons (Fsp3) is 0.500. The van der Waals surface area contributed by atoms with Gasteiger partial charge in [-0.2, -0.15) is 9.97 Å². The fourth-order valence-electron chi connectivity index (χ4n) is 1.06. The summed E-state index contributed by atoms with van der Waals surface area (Å²) in [5, 5.41) is 0. The van der Waals surface area contributed by atoms with Crippen molar-refractivity contribution in [3.63, 3.8) is 0 Å². The number of hydrogen-bond acceptors (Lipinski definition) is 5. The molecular formula is C8H13N3O2. The summed E-state index contributed by atoms with van der Waals surface area (Å²) < 4.78 is 10.1. The Morgan fingerprint density at radius 3 is 1.92 bits per heavy atom. The van der Waals surface area contributed by atoms with Crippen LogP contribution >= 0.6 is 0 Å². The molecule has 1 aromatic rings. The van der Waals surface area contributed by atoms with Crippen LogP contribution in [-0.4, -0.2) is 24.2 Å². The van der Waals surface area contributed by atoms with Crippen molar-refractivity contribution in [2.75, 3.05) is 14.2 Å². The van der Waals surface area contributed by atoms with E-state index >= 15 is 0 Å². The maximum atomic E-state index is 5.51. The van der Waals surface area contributed by atoms with E-state index < -0.39 is 0 Å². The lowest BCUT2D eigenvalue weighted by atomic mass is 10.3. The number of ether oxygens (including phenoxy) is 2. The Bertz CT molecular complexity index is 276. The van der Waals surface area contributed by atoms with Crippen molar-refractivity contribution < 1.29 is 9.47 Å². The van der Waals surface area contributed by atoms with Crippen molar-refractivity contribution in [3.8, 4) is 11.8 Å². The molecule has 2 N–H and O–H groups in total. The van der Waals surface area contributed by atoms with Crippen molar-refractivity contribution in [2.45, 2.75) is 13.5 Å². The highest BCUT2D eigenvalue weighted by molar-refractivity contribution is 5.35. The molecule has 0 unspecified atom stereocenters. The molecule has 72 valence electrons. The van der Waals surface area contributed by atoms with E-state index in [1.807, 2.05) is 0 Å². The predicted molar refractivity (Wildman–Crippen MR) is 47.8 cm³/mol. The van der Waals surface area contributed by atoms with Gasteiger partial charge in [0.15, 0.2) is 0 Å². The van der Waals surface area contributed by atoms with Gasteiger partial charge >= 0.3 is 0 Å². The Morgan fingerprint density at radius 1 is 1.15 bits per heavy atom. The quantitative estimate of drug-likeness (QED) is 0.727. The lowest BCUT2D eigenvalue weighted by Gasteiger charge is -2.09. The first-order valence-corrected chi connectivity index (χ1v) is 3.88. The van der Waals surface area contributed by atoms with Gasteiger partial charge in [0.1, 0.15) is 5.82 Å². The summed E-state index contributed by atoms with van der Waals surface area (Å²) in [6, 6.07) is 0. The van der Waals surface area contributed by atoms with Gasteiger partial charge in [0, 0.05) is 6.54 Å². The van der Waals surface area contributed by atoms with Crippen LogP contribution in [-0.2, 0) is 6.54 Å². The Kier molecular flexibility index (Phi) is 3.02. The topological polar surface area (TPSA) is 70.3 Å². The summed E-state index contributed by atoms with van der Waals surface area (Å²) in [5.41, 5.74) is 6.20. The van der Waals surface area contributed by atoms with E-state index in [1.54, 1.807) is 21.1 Å². The number of methoxy groups -OCH3 is 2. The van der Waals surface area contributed by atoms with E-state index in [0.29, 0.717) is 29.7 Å². The molecule has 0 saturated heterocycles. The average molecular weight is 183 g/mol. The van der Waals surface area contributed by atoms with E-state index in [1.165, 1.54) is 0 Å². The third kappa shape index (κ3) is 1.86. The normalized spacial score (nSPS) is 9.85. The highest BCUT2D eigenvalue weighted by Gasteiger charge is 2.12. The number of aryl methyl sites for hydroxylation is 1. The van der Waals surface area contributed by atoms with Crippen LogP contribution in [0.4, 0.5) is 0 Å². The van der Waals surface area contributed by atoms with Gasteiger partial charge < -0.3 is 15.2 Å². The first kappa shape index (κ1) is 9.73. The fourth-order valence-corrected chi connectivity index (χ4v) is 1.06. The molecule has 13 heavy (non-hydrogen) atoms. The minimum absolute atomic E-state index is 0.298. The zero-order valence-corrected chi connectivity index (χ0v) is 8.00. The minimum Gasteiger partial charge on any atom is -0.481 e. The lowest BCUT2D eigenvalue weighted by molar-refractivity contribution is 0.360. The predicted octanol–water partition coefficient (Wildman–Crippen LogP) is 0.261. The van der Waals surface area contributed by atoms with Gasteiger partial charge in [-0.25, -0.2) is 0 Å². The summed E-state index contributed by atoms with van der Waals surface area (Å²) in [6.07, 6.45) is 0. The summed E-state index contributed by atoms with van der Waals surface area (Å²) in [6.45, 7) is 2.07. The van der Waals surface area contributed by atoms with Crippen LogP contribution in [0.1, 0.15) is 11.4 Å². The first-order valence-electron chi connectivity index (χ1n) is 3.88. The van der Waals surface area contributed by atoms with Crippen LogP contribution < -0.4 is 15.2 Å². The highest BCUT2D eigenvalue weighted by atomic mass is 16.5. The highest BCUT2D eigenvalue weighted by Crippen LogP contribution is 2.23. The zero-order chi connectivity index (χ0) is 9.84. The summed E-state index contributed by atoms with van der Waals surface area (Å²) in [7, 11) is 3.08. The molecule has 0 fully saturated rings. The number of rotatable bonds is 3. The van der Waals surface area contributed by atoms with Crippen LogP contribution in [0.2, 0.25) is 0 Å². The molecule has 0 bridgehead atoms. The van der Waals surface area contributed by atoms with E-state index in [-0.39, 0.29) is 0 Å². The monoisotopic (exact) mass is 183 g/mol. The Morgan fingerprint density at radius 2 is 1.62 bits per heavy atom. The number of nitrogens with zero attached hydrogens (tertiary/aromatic N) is 2. The second-order valence-corrected chi connectivity index (χ2v) is 2.47. The molecular weight excluding hydrogens is 170 g/mol. The van der Waals surface area contributed by atoms with E-state index in [9.17, 15) is 0 Å². The molecule has 0 amide bonds. The molecule has 0 atom stereocenters. The number of hydrogen-bond donors (Lipinski definition) is 1. The molecule has 0 aliphatic heterocycles. The van der Waals surface area contributed by atoms with Crippen molar-refractivity contribution >= 4 is 0 Å². The van der Waals surface area contributed by atoms with Crippen LogP contribution in [0.15, 0.2) is 0 Å². The van der Waals surface area contributed by atoms with Crippen molar-refractivity contribution in [2.24, 2.45) is 5.73 Å². The molecule has 1 heterocycles. The maximum Gasteiger partial charge on any atom is 0.224 e. The SMILES string of the molecule is COc1nc(C)nc(OC)c1CN. The minimum atomic E-state index is 0.298. The Labute approximate surface area is 76.9 Å². The second kappa shape index (κ2) is 4.04. The molecule has 0 radical (unpaired) electrons. The molecule has 0 saturated carbocycles. The van der Waals surface area contributed by atoms with E-state index in [0.717, 1.165) is 0 Å². The smallest absolute Gasteiger partial charge is 0.224 e. The maximum absolute atomic E-state index is 5.51. The summed E-state index contributed by atoms with van der Waals surface area (Å²) >= 11 is 0. The third-order valence-corrected chi connectivity index (χ3v) is 1.63. The molecule has 0 aromatic carbocycles. The van der Waals surface area contributed by atoms with E-state index in [2.05, 4.69) is 9.97 Å². The number of aromatic nitrogens is 2. The van der Waals surface area contributed by atoms with E-state index in [4.69, 9.17) is 15.2 Å². The Hall–Kier alpha value is -1.36. The van der Waals surface area contributed by atoms with Crippen molar-refractivity contribution in [3.05, 3.63) is 11.4 Å². The van der Waals surface area contributed by atoms with Gasteiger partial charge in [-0.3, -0.25) is 0 Å². The second-order valence-electron chi connectivity index (χ2n) is 2.47. The molecule has 5 heteroatoms. The van der Waals surface area contributed by atoms with Crippen molar-refractivity contribution in [1.82, 2.24) is 9.97 Å². The van der Waals surface area contributed by atoms with Gasteiger partial charge in [0.05, 0.1) is 19.8 Å². The summed E-state index contributed by atoms with van der Waals surface area (Å²) in [4.78, 5) is 8.16. The average Bonchev–Trinajstić information content (AvgIpc) is 2.16. The van der Waals surface area contributed by atoms with Crippen LogP contribution in [0, 0.1) is 6.92 Å². The van der Waals surface area contributed by atoms with Crippen LogP contribution in [0.5, 0.6) is 11.8 Å². The molecule has 1 aromatic heterocycles. The largest absolute Gasteiger partial charge is 0.481 e. The Balaban J connectivity index is 3.25. The van der Waals surface area contributed by atoms with Gasteiger partial charge in [0.2, 0.25) is 11.8 Å². The molecule has 0 spiro atoms. The molecule has 5 nitrogen and oxygen atoms in total. The van der Waals surface area contributed by atoms with Crippen LogP contribution in [0.3, 0.4) is 0 Å². The zero-order valence-electron chi connectivity index (χ0n) is 8.00. The third-order valence-electron chi connectivity index (χ3n) is 1.63. The molecule has 1 rings (SSSR count). The van der Waals surface area contributed by atoms with Crippen molar-refractivity contribution in [1.29, 1.82) is 0 Å². The molecule has 0 aliphatic rings. The van der Waals surface area contributed by atoms with Gasteiger partial charge in [-0.15, -0.1) is 0 Å².